The molecule has 0 unspecified atom stereocenters. The molecular weight excluding hydrogens is 204 g/mol. The molecular formula is C12H22N2O2. The second-order valence-corrected chi connectivity index (χ2v) is 5.07. The van der Waals surface area contributed by atoms with Crippen molar-refractivity contribution in [3.05, 3.63) is 0 Å². The smallest absolute Gasteiger partial charge is 0.320 e. The first-order chi connectivity index (χ1) is 7.68. The summed E-state index contributed by atoms with van der Waals surface area (Å²) in [5.74, 6) is 0.770. The second kappa shape index (κ2) is 5.04. The lowest BCUT2D eigenvalue weighted by molar-refractivity contribution is 0.00818. The van der Waals surface area contributed by atoms with Crippen molar-refractivity contribution in [3.8, 4) is 0 Å². The second-order valence-electron chi connectivity index (χ2n) is 5.07. The first kappa shape index (κ1) is 11.7. The van der Waals surface area contributed by atoms with Gasteiger partial charge in [-0.1, -0.05) is 6.92 Å². The summed E-state index contributed by atoms with van der Waals surface area (Å²) in [6, 6.07) is 0.434. The van der Waals surface area contributed by atoms with Crippen LogP contribution in [0.1, 0.15) is 26.7 Å². The normalized spacial score (nSPS) is 28.2. The zero-order valence-corrected chi connectivity index (χ0v) is 10.3. The Kier molecular flexibility index (Phi) is 3.69. The summed E-state index contributed by atoms with van der Waals surface area (Å²) in [7, 11) is 0. The Morgan fingerprint density at radius 2 is 1.88 bits per heavy atom. The van der Waals surface area contributed by atoms with Crippen molar-refractivity contribution in [1.29, 1.82) is 0 Å². The van der Waals surface area contributed by atoms with Gasteiger partial charge in [-0.25, -0.2) is 4.79 Å². The Labute approximate surface area is 97.5 Å². The van der Waals surface area contributed by atoms with Crippen LogP contribution in [0.3, 0.4) is 0 Å². The molecule has 1 atom stereocenters. The van der Waals surface area contributed by atoms with Gasteiger partial charge in [0.05, 0.1) is 19.3 Å². The molecule has 2 aliphatic rings. The number of carbonyl (C=O) groups is 1. The van der Waals surface area contributed by atoms with Crippen LogP contribution in [0, 0.1) is 5.92 Å². The van der Waals surface area contributed by atoms with E-state index in [0.29, 0.717) is 13.2 Å². The molecule has 0 bridgehead atoms. The number of amides is 2. The number of hydrogen-bond acceptors (Lipinski definition) is 2. The highest BCUT2D eigenvalue weighted by molar-refractivity contribution is 5.75. The van der Waals surface area contributed by atoms with Crippen LogP contribution in [0.15, 0.2) is 0 Å². The zero-order chi connectivity index (χ0) is 11.5. The first-order valence-electron chi connectivity index (χ1n) is 6.32. The molecule has 0 saturated carbocycles. The molecule has 0 N–H and O–H groups in total. The fourth-order valence-electron chi connectivity index (χ4n) is 2.39. The molecule has 2 heterocycles. The summed E-state index contributed by atoms with van der Waals surface area (Å²) in [4.78, 5) is 16.2. The van der Waals surface area contributed by atoms with Gasteiger partial charge in [0, 0.05) is 19.6 Å². The number of morpholine rings is 1. The van der Waals surface area contributed by atoms with E-state index in [9.17, 15) is 4.79 Å². The van der Waals surface area contributed by atoms with Crippen LogP contribution in [0.25, 0.3) is 0 Å². The SMILES string of the molecule is CC1CCN(C(=O)N2CCOC[C@H]2C)CC1. The quantitative estimate of drug-likeness (QED) is 0.628. The molecule has 0 radical (unpaired) electrons. The van der Waals surface area contributed by atoms with E-state index in [1.54, 1.807) is 0 Å². The van der Waals surface area contributed by atoms with Crippen molar-refractivity contribution in [3.63, 3.8) is 0 Å². The molecule has 0 spiro atoms. The van der Waals surface area contributed by atoms with E-state index in [2.05, 4.69) is 13.8 Å². The molecule has 0 aliphatic carbocycles. The van der Waals surface area contributed by atoms with Crippen molar-refractivity contribution in [2.24, 2.45) is 5.92 Å². The topological polar surface area (TPSA) is 32.8 Å². The summed E-state index contributed by atoms with van der Waals surface area (Å²) in [5.41, 5.74) is 0. The number of likely N-dealkylation sites (tertiary alicyclic amines) is 1. The van der Waals surface area contributed by atoms with Crippen LogP contribution in [-0.2, 0) is 4.74 Å². The van der Waals surface area contributed by atoms with Gasteiger partial charge in [-0.2, -0.15) is 0 Å². The van der Waals surface area contributed by atoms with Gasteiger partial charge in [0.15, 0.2) is 0 Å². The minimum atomic E-state index is 0.211. The lowest BCUT2D eigenvalue weighted by atomic mass is 9.99. The Balaban J connectivity index is 1.90. The summed E-state index contributed by atoms with van der Waals surface area (Å²) >= 11 is 0. The number of urea groups is 1. The van der Waals surface area contributed by atoms with Crippen molar-refractivity contribution in [2.45, 2.75) is 32.7 Å². The van der Waals surface area contributed by atoms with Crippen molar-refractivity contribution < 1.29 is 9.53 Å². The molecule has 0 aromatic rings. The summed E-state index contributed by atoms with van der Waals surface area (Å²) in [5, 5.41) is 0. The fraction of sp³-hybridized carbons (Fsp3) is 0.917. The molecule has 4 nitrogen and oxygen atoms in total. The average molecular weight is 226 g/mol. The van der Waals surface area contributed by atoms with Gasteiger partial charge in [-0.15, -0.1) is 0 Å². The predicted octanol–water partition coefficient (Wildman–Crippen LogP) is 1.56. The molecule has 16 heavy (non-hydrogen) atoms. The average Bonchev–Trinajstić information content (AvgIpc) is 2.30. The third-order valence-corrected chi connectivity index (χ3v) is 3.67. The van der Waals surface area contributed by atoms with E-state index in [-0.39, 0.29) is 12.1 Å². The van der Waals surface area contributed by atoms with Crippen LogP contribution >= 0.6 is 0 Å². The molecule has 92 valence electrons. The van der Waals surface area contributed by atoms with Crippen LogP contribution in [0.2, 0.25) is 0 Å². The maximum atomic E-state index is 12.3. The number of nitrogens with zero attached hydrogens (tertiary/aromatic N) is 2. The molecule has 2 saturated heterocycles. The molecule has 2 rings (SSSR count). The van der Waals surface area contributed by atoms with E-state index in [0.717, 1.165) is 38.4 Å². The van der Waals surface area contributed by atoms with E-state index in [1.165, 1.54) is 0 Å². The highest BCUT2D eigenvalue weighted by Crippen LogP contribution is 2.18. The Hall–Kier alpha value is -0.770. The van der Waals surface area contributed by atoms with Crippen LogP contribution < -0.4 is 0 Å². The third kappa shape index (κ3) is 2.48. The van der Waals surface area contributed by atoms with Crippen LogP contribution in [-0.4, -0.2) is 54.7 Å². The van der Waals surface area contributed by atoms with Gasteiger partial charge in [-0.3, -0.25) is 0 Å². The monoisotopic (exact) mass is 226 g/mol. The van der Waals surface area contributed by atoms with Crippen molar-refractivity contribution in [2.75, 3.05) is 32.8 Å². The Bertz CT molecular complexity index is 249. The largest absolute Gasteiger partial charge is 0.377 e. The maximum Gasteiger partial charge on any atom is 0.320 e. The number of piperidine rings is 1. The molecule has 2 aliphatic heterocycles. The van der Waals surface area contributed by atoms with Crippen LogP contribution in [0.5, 0.6) is 0 Å². The van der Waals surface area contributed by atoms with Crippen molar-refractivity contribution in [1.82, 2.24) is 9.80 Å². The standard InChI is InChI=1S/C12H22N2O2/c1-10-3-5-13(6-4-10)12(15)14-7-8-16-9-11(14)2/h10-11H,3-9H2,1-2H3/t11-/m1/s1. The Morgan fingerprint density at radius 3 is 2.50 bits per heavy atom. The maximum absolute atomic E-state index is 12.3. The third-order valence-electron chi connectivity index (χ3n) is 3.67. The number of ether oxygens (including phenoxy) is 1. The number of carbonyl (C=O) groups excluding carboxylic acids is 1. The summed E-state index contributed by atoms with van der Waals surface area (Å²) in [6.07, 6.45) is 2.29. The molecule has 2 amide bonds. The van der Waals surface area contributed by atoms with Gasteiger partial charge in [0.25, 0.3) is 0 Å². The highest BCUT2D eigenvalue weighted by atomic mass is 16.5. The molecule has 0 aromatic heterocycles. The molecule has 4 heteroatoms. The van der Waals surface area contributed by atoms with E-state index >= 15 is 0 Å². The zero-order valence-electron chi connectivity index (χ0n) is 10.3. The molecule has 2 fully saturated rings. The van der Waals surface area contributed by atoms with Gasteiger partial charge in [-0.05, 0) is 25.7 Å². The lowest BCUT2D eigenvalue weighted by Crippen LogP contribution is -2.53. The minimum absolute atomic E-state index is 0.211. The van der Waals surface area contributed by atoms with Gasteiger partial charge >= 0.3 is 6.03 Å². The fourth-order valence-corrected chi connectivity index (χ4v) is 2.39. The van der Waals surface area contributed by atoms with Gasteiger partial charge < -0.3 is 14.5 Å². The van der Waals surface area contributed by atoms with E-state index in [1.807, 2.05) is 9.80 Å². The Morgan fingerprint density at radius 1 is 1.19 bits per heavy atom. The van der Waals surface area contributed by atoms with E-state index < -0.39 is 0 Å². The van der Waals surface area contributed by atoms with Crippen molar-refractivity contribution >= 4 is 6.03 Å². The highest BCUT2D eigenvalue weighted by Gasteiger charge is 2.29. The first-order valence-corrected chi connectivity index (χ1v) is 6.32. The van der Waals surface area contributed by atoms with Gasteiger partial charge in [0.1, 0.15) is 0 Å². The summed E-state index contributed by atoms with van der Waals surface area (Å²) < 4.78 is 5.35. The summed E-state index contributed by atoms with van der Waals surface area (Å²) in [6.45, 7) is 8.26. The predicted molar refractivity (Wildman–Crippen MR) is 62.4 cm³/mol. The van der Waals surface area contributed by atoms with Gasteiger partial charge in [0.2, 0.25) is 0 Å². The molecule has 0 aromatic carbocycles. The van der Waals surface area contributed by atoms with Crippen LogP contribution in [0.4, 0.5) is 4.79 Å². The lowest BCUT2D eigenvalue weighted by Gasteiger charge is -2.39. The number of rotatable bonds is 0. The number of hydrogen-bond donors (Lipinski definition) is 0. The minimum Gasteiger partial charge on any atom is -0.377 e. The van der Waals surface area contributed by atoms with E-state index in [4.69, 9.17) is 4.74 Å².